The lowest BCUT2D eigenvalue weighted by Gasteiger charge is -2.21. The molecule has 2 aromatic rings. The van der Waals surface area contributed by atoms with Gasteiger partial charge in [0.25, 0.3) is 0 Å². The predicted octanol–water partition coefficient (Wildman–Crippen LogP) is 2.80. The maximum absolute atomic E-state index is 4.41. The average Bonchev–Trinajstić information content (AvgIpc) is 3.26. The van der Waals surface area contributed by atoms with E-state index >= 15 is 0 Å². The van der Waals surface area contributed by atoms with Gasteiger partial charge in [0.1, 0.15) is 5.82 Å². The van der Waals surface area contributed by atoms with E-state index in [9.17, 15) is 0 Å². The smallest absolute Gasteiger partial charge is 0.191 e. The number of aromatic nitrogens is 2. The molecule has 1 saturated heterocycles. The van der Waals surface area contributed by atoms with Crippen molar-refractivity contribution in [2.45, 2.75) is 58.3 Å². The summed E-state index contributed by atoms with van der Waals surface area (Å²) < 4.78 is 2.20. The molecular weight excluding hydrogens is 348 g/mol. The van der Waals surface area contributed by atoms with Gasteiger partial charge in [-0.05, 0) is 38.7 Å². The quantitative estimate of drug-likeness (QED) is 0.419. The molecule has 6 nitrogen and oxygen atoms in total. The molecule has 6 heteroatoms. The lowest BCUT2D eigenvalue weighted by Crippen LogP contribution is -2.44. The molecule has 2 heterocycles. The highest BCUT2D eigenvalue weighted by Gasteiger charge is 2.29. The second-order valence-corrected chi connectivity index (χ2v) is 7.71. The van der Waals surface area contributed by atoms with Crippen LogP contribution in [0.5, 0.6) is 0 Å². The van der Waals surface area contributed by atoms with E-state index in [1.54, 1.807) is 0 Å². The molecule has 0 radical (unpaired) electrons. The van der Waals surface area contributed by atoms with E-state index in [0.717, 1.165) is 57.2 Å². The van der Waals surface area contributed by atoms with E-state index in [0.29, 0.717) is 12.1 Å². The predicted molar refractivity (Wildman–Crippen MR) is 115 cm³/mol. The van der Waals surface area contributed by atoms with Crippen LogP contribution in [-0.2, 0) is 13.1 Å². The molecule has 1 aromatic carbocycles. The van der Waals surface area contributed by atoms with Crippen molar-refractivity contribution in [3.63, 3.8) is 0 Å². The molecule has 0 amide bonds. The molecule has 2 unspecified atom stereocenters. The molecule has 2 atom stereocenters. The number of likely N-dealkylation sites (tertiary alicyclic amines) is 1. The molecule has 0 saturated carbocycles. The fraction of sp³-hybridized carbons (Fsp3) is 0.545. The van der Waals surface area contributed by atoms with E-state index in [1.165, 1.54) is 5.56 Å². The Morgan fingerprint density at radius 3 is 2.79 bits per heavy atom. The minimum absolute atomic E-state index is 0.443. The SMILES string of the molecule is CN=C(NCCCCn1ccnc1C)NC1CC(C)N(Cc2ccccc2)C1. The van der Waals surface area contributed by atoms with Crippen LogP contribution in [0.2, 0.25) is 0 Å². The molecule has 0 aliphatic carbocycles. The van der Waals surface area contributed by atoms with Crippen LogP contribution >= 0.6 is 0 Å². The second kappa shape index (κ2) is 10.3. The number of imidazole rings is 1. The Hall–Kier alpha value is -2.34. The van der Waals surface area contributed by atoms with Crippen molar-refractivity contribution in [2.24, 2.45) is 4.99 Å². The Morgan fingerprint density at radius 1 is 1.25 bits per heavy atom. The third-order valence-corrected chi connectivity index (χ3v) is 5.54. The number of nitrogens with zero attached hydrogens (tertiary/aromatic N) is 4. The maximum atomic E-state index is 4.41. The number of unbranched alkanes of at least 4 members (excludes halogenated alkanes) is 1. The van der Waals surface area contributed by atoms with Crippen molar-refractivity contribution in [1.82, 2.24) is 25.1 Å². The monoisotopic (exact) mass is 382 g/mol. The number of hydrogen-bond acceptors (Lipinski definition) is 3. The van der Waals surface area contributed by atoms with Gasteiger partial charge in [0.2, 0.25) is 0 Å². The van der Waals surface area contributed by atoms with Crippen LogP contribution < -0.4 is 10.6 Å². The standard InChI is InChI=1S/C22H34N6/c1-18-15-21(17-28(18)16-20-9-5-4-6-10-20)26-22(23-3)25-11-7-8-13-27-14-12-24-19(27)2/h4-6,9-10,12,14,18,21H,7-8,11,13,15-17H2,1-3H3,(H2,23,25,26). The first-order chi connectivity index (χ1) is 13.7. The summed E-state index contributed by atoms with van der Waals surface area (Å²) in [5, 5.41) is 7.07. The van der Waals surface area contributed by atoms with Crippen molar-refractivity contribution >= 4 is 5.96 Å². The molecule has 1 aliphatic rings. The van der Waals surface area contributed by atoms with E-state index in [-0.39, 0.29) is 0 Å². The largest absolute Gasteiger partial charge is 0.356 e. The molecule has 152 valence electrons. The molecule has 1 aliphatic heterocycles. The van der Waals surface area contributed by atoms with Crippen LogP contribution in [0.4, 0.5) is 0 Å². The van der Waals surface area contributed by atoms with Crippen LogP contribution in [0.25, 0.3) is 0 Å². The number of aryl methyl sites for hydroxylation is 2. The molecule has 28 heavy (non-hydrogen) atoms. The van der Waals surface area contributed by atoms with Crippen LogP contribution in [0.15, 0.2) is 47.7 Å². The third kappa shape index (κ3) is 5.83. The number of hydrogen-bond donors (Lipinski definition) is 2. The molecule has 0 bridgehead atoms. The first-order valence-corrected chi connectivity index (χ1v) is 10.4. The van der Waals surface area contributed by atoms with Gasteiger partial charge in [-0.25, -0.2) is 4.98 Å². The van der Waals surface area contributed by atoms with Gasteiger partial charge in [0, 0.05) is 57.7 Å². The van der Waals surface area contributed by atoms with Gasteiger partial charge in [-0.15, -0.1) is 0 Å². The Balaban J connectivity index is 1.37. The molecule has 1 aromatic heterocycles. The first kappa shape index (κ1) is 20.4. The maximum Gasteiger partial charge on any atom is 0.191 e. The molecule has 0 spiro atoms. The summed E-state index contributed by atoms with van der Waals surface area (Å²) in [6.45, 7) is 8.39. The zero-order chi connectivity index (χ0) is 19.8. The van der Waals surface area contributed by atoms with Crippen LogP contribution in [-0.4, -0.2) is 52.6 Å². The zero-order valence-electron chi connectivity index (χ0n) is 17.4. The normalized spacial score (nSPS) is 20.5. The van der Waals surface area contributed by atoms with Gasteiger partial charge in [-0.1, -0.05) is 30.3 Å². The Kier molecular flexibility index (Phi) is 7.48. The van der Waals surface area contributed by atoms with Gasteiger partial charge < -0.3 is 15.2 Å². The number of aliphatic imine (C=N–C) groups is 1. The molecule has 2 N–H and O–H groups in total. The van der Waals surface area contributed by atoms with Crippen molar-refractivity contribution in [2.75, 3.05) is 20.1 Å². The van der Waals surface area contributed by atoms with Crippen molar-refractivity contribution in [3.05, 3.63) is 54.1 Å². The molecule has 1 fully saturated rings. The van der Waals surface area contributed by atoms with Crippen LogP contribution in [0.3, 0.4) is 0 Å². The minimum Gasteiger partial charge on any atom is -0.356 e. The summed E-state index contributed by atoms with van der Waals surface area (Å²) in [5.41, 5.74) is 1.38. The summed E-state index contributed by atoms with van der Waals surface area (Å²) in [6, 6.07) is 11.7. The molecule has 3 rings (SSSR count). The molecular formula is C22H34N6. The number of rotatable bonds is 8. The fourth-order valence-electron chi connectivity index (χ4n) is 3.88. The highest BCUT2D eigenvalue weighted by molar-refractivity contribution is 5.80. The lowest BCUT2D eigenvalue weighted by molar-refractivity contribution is 0.258. The summed E-state index contributed by atoms with van der Waals surface area (Å²) in [4.78, 5) is 11.2. The highest BCUT2D eigenvalue weighted by Crippen LogP contribution is 2.20. The lowest BCUT2D eigenvalue weighted by atomic mass is 10.2. The van der Waals surface area contributed by atoms with E-state index in [4.69, 9.17) is 0 Å². The third-order valence-electron chi connectivity index (χ3n) is 5.54. The highest BCUT2D eigenvalue weighted by atomic mass is 15.3. The van der Waals surface area contributed by atoms with Crippen LogP contribution in [0.1, 0.15) is 37.6 Å². The summed E-state index contributed by atoms with van der Waals surface area (Å²) in [7, 11) is 1.85. The second-order valence-electron chi connectivity index (χ2n) is 7.71. The topological polar surface area (TPSA) is 57.5 Å². The minimum atomic E-state index is 0.443. The van der Waals surface area contributed by atoms with E-state index < -0.39 is 0 Å². The fourth-order valence-corrected chi connectivity index (χ4v) is 3.88. The van der Waals surface area contributed by atoms with Crippen molar-refractivity contribution < 1.29 is 0 Å². The first-order valence-electron chi connectivity index (χ1n) is 10.4. The van der Waals surface area contributed by atoms with E-state index in [1.807, 2.05) is 26.4 Å². The summed E-state index contributed by atoms with van der Waals surface area (Å²) in [6.07, 6.45) is 7.30. The van der Waals surface area contributed by atoms with Crippen molar-refractivity contribution in [1.29, 1.82) is 0 Å². The van der Waals surface area contributed by atoms with Gasteiger partial charge in [0.15, 0.2) is 5.96 Å². The Morgan fingerprint density at radius 2 is 2.07 bits per heavy atom. The van der Waals surface area contributed by atoms with Gasteiger partial charge in [-0.3, -0.25) is 9.89 Å². The Bertz CT molecular complexity index is 738. The van der Waals surface area contributed by atoms with Gasteiger partial charge in [0.05, 0.1) is 0 Å². The Labute approximate surface area is 169 Å². The number of nitrogens with one attached hydrogen (secondary N) is 2. The van der Waals surface area contributed by atoms with E-state index in [2.05, 4.69) is 67.3 Å². The number of benzene rings is 1. The summed E-state index contributed by atoms with van der Waals surface area (Å²) in [5.74, 6) is 2.00. The van der Waals surface area contributed by atoms with Crippen LogP contribution in [0, 0.1) is 6.92 Å². The number of guanidine groups is 1. The zero-order valence-corrected chi connectivity index (χ0v) is 17.4. The average molecular weight is 383 g/mol. The van der Waals surface area contributed by atoms with Crippen molar-refractivity contribution in [3.8, 4) is 0 Å². The van der Waals surface area contributed by atoms with Gasteiger partial charge in [-0.2, -0.15) is 0 Å². The summed E-state index contributed by atoms with van der Waals surface area (Å²) >= 11 is 0. The van der Waals surface area contributed by atoms with Gasteiger partial charge >= 0.3 is 0 Å².